The van der Waals surface area contributed by atoms with Gasteiger partial charge in [0.15, 0.2) is 0 Å². The molecule has 0 saturated heterocycles. The molecule has 2 saturated carbocycles. The van der Waals surface area contributed by atoms with Gasteiger partial charge in [0.05, 0.1) is 6.61 Å². The van der Waals surface area contributed by atoms with Gasteiger partial charge in [0.25, 0.3) is 0 Å². The number of hydrogen-bond acceptors (Lipinski definition) is 1. The number of allylic oxidation sites excluding steroid dienone is 1. The van der Waals surface area contributed by atoms with E-state index < -0.39 is 0 Å². The third-order valence-electron chi connectivity index (χ3n) is 5.69. The van der Waals surface area contributed by atoms with Crippen LogP contribution in [0, 0.1) is 22.7 Å². The minimum atomic E-state index is 0.216. The summed E-state index contributed by atoms with van der Waals surface area (Å²) < 4.78 is 0. The summed E-state index contributed by atoms with van der Waals surface area (Å²) in [6.07, 6.45) is 8.90. The average molecular weight is 206 g/mol. The average Bonchev–Trinajstić information content (AvgIpc) is 2.17. The molecule has 15 heavy (non-hydrogen) atoms. The molecule has 4 aliphatic carbocycles. The first-order chi connectivity index (χ1) is 7.10. The van der Waals surface area contributed by atoms with E-state index in [0.29, 0.717) is 12.0 Å². The van der Waals surface area contributed by atoms with Crippen molar-refractivity contribution in [1.29, 1.82) is 0 Å². The second-order valence-corrected chi connectivity index (χ2v) is 6.49. The molecule has 0 aromatic rings. The van der Waals surface area contributed by atoms with Crippen molar-refractivity contribution in [2.24, 2.45) is 22.7 Å². The van der Waals surface area contributed by atoms with E-state index in [1.807, 2.05) is 0 Å². The Kier molecular flexibility index (Phi) is 1.90. The standard InChI is InChI=1S/C14H22O/c1-13(2)10-4-5-11(12(13)8-10)14(9-15)6-3-7-14/h5,10,12,15H,3-4,6-9H2,1-2H3. The Bertz CT molecular complexity index is 304. The van der Waals surface area contributed by atoms with Gasteiger partial charge in [-0.2, -0.15) is 0 Å². The van der Waals surface area contributed by atoms with Crippen molar-refractivity contribution in [3.8, 4) is 0 Å². The molecule has 0 amide bonds. The highest BCUT2D eigenvalue weighted by atomic mass is 16.3. The van der Waals surface area contributed by atoms with Gasteiger partial charge in [0.1, 0.15) is 0 Å². The number of fused-ring (bicyclic) bond motifs is 1. The summed E-state index contributed by atoms with van der Waals surface area (Å²) in [5.41, 5.74) is 2.36. The highest BCUT2D eigenvalue weighted by molar-refractivity contribution is 5.31. The van der Waals surface area contributed by atoms with E-state index in [4.69, 9.17) is 0 Å². The van der Waals surface area contributed by atoms with Gasteiger partial charge in [-0.15, -0.1) is 0 Å². The highest BCUT2D eigenvalue weighted by Crippen LogP contribution is 2.65. The number of rotatable bonds is 2. The molecule has 0 spiro atoms. The summed E-state index contributed by atoms with van der Waals surface area (Å²) in [4.78, 5) is 0. The molecular formula is C14H22O. The largest absolute Gasteiger partial charge is 0.395 e. The fourth-order valence-corrected chi connectivity index (χ4v) is 4.08. The molecule has 84 valence electrons. The van der Waals surface area contributed by atoms with Gasteiger partial charge in [0, 0.05) is 5.41 Å². The maximum atomic E-state index is 9.65. The van der Waals surface area contributed by atoms with E-state index >= 15 is 0 Å². The van der Waals surface area contributed by atoms with Crippen molar-refractivity contribution in [3.63, 3.8) is 0 Å². The maximum Gasteiger partial charge on any atom is 0.0524 e. The predicted molar refractivity (Wildman–Crippen MR) is 61.4 cm³/mol. The van der Waals surface area contributed by atoms with Gasteiger partial charge in [-0.1, -0.05) is 31.9 Å². The summed E-state index contributed by atoms with van der Waals surface area (Å²) in [6.45, 7) is 5.22. The topological polar surface area (TPSA) is 20.2 Å². The van der Waals surface area contributed by atoms with Crippen LogP contribution < -0.4 is 0 Å². The third-order valence-corrected chi connectivity index (χ3v) is 5.69. The highest BCUT2D eigenvalue weighted by Gasteiger charge is 2.56. The normalized spacial score (nSPS) is 40.1. The van der Waals surface area contributed by atoms with Crippen LogP contribution in [0.3, 0.4) is 0 Å². The molecule has 2 fully saturated rings. The quantitative estimate of drug-likeness (QED) is 0.688. The second kappa shape index (κ2) is 2.88. The second-order valence-electron chi connectivity index (χ2n) is 6.49. The van der Waals surface area contributed by atoms with Gasteiger partial charge in [-0.05, 0) is 42.9 Å². The Labute approximate surface area is 92.6 Å². The summed E-state index contributed by atoms with van der Waals surface area (Å²) in [5, 5.41) is 9.65. The van der Waals surface area contributed by atoms with Crippen LogP contribution in [0.2, 0.25) is 0 Å². The van der Waals surface area contributed by atoms with Crippen LogP contribution >= 0.6 is 0 Å². The van der Waals surface area contributed by atoms with E-state index in [2.05, 4.69) is 19.9 Å². The minimum absolute atomic E-state index is 0.216. The lowest BCUT2D eigenvalue weighted by molar-refractivity contribution is -0.0430. The molecule has 4 rings (SSSR count). The molecular weight excluding hydrogens is 184 g/mol. The van der Waals surface area contributed by atoms with Crippen LogP contribution in [0.25, 0.3) is 0 Å². The molecule has 2 atom stereocenters. The Balaban J connectivity index is 1.91. The number of hydrogen-bond donors (Lipinski definition) is 1. The molecule has 4 aliphatic rings. The summed E-state index contributed by atoms with van der Waals surface area (Å²) >= 11 is 0. The van der Waals surface area contributed by atoms with Crippen LogP contribution in [0.4, 0.5) is 0 Å². The summed E-state index contributed by atoms with van der Waals surface area (Å²) in [7, 11) is 0. The van der Waals surface area contributed by atoms with Crippen LogP contribution in [0.15, 0.2) is 11.6 Å². The summed E-state index contributed by atoms with van der Waals surface area (Å²) in [6, 6.07) is 0. The number of aliphatic hydroxyl groups excluding tert-OH is 1. The monoisotopic (exact) mass is 206 g/mol. The molecule has 1 N–H and O–H groups in total. The fraction of sp³-hybridized carbons (Fsp3) is 0.857. The molecule has 1 heteroatoms. The van der Waals surface area contributed by atoms with E-state index in [1.165, 1.54) is 32.1 Å². The van der Waals surface area contributed by atoms with Gasteiger partial charge in [-0.3, -0.25) is 0 Å². The van der Waals surface area contributed by atoms with E-state index in [0.717, 1.165) is 11.8 Å². The van der Waals surface area contributed by atoms with Crippen LogP contribution in [-0.4, -0.2) is 11.7 Å². The SMILES string of the molecule is CC1(C)C2CC=C(C3(CO)CCC3)C1C2. The first kappa shape index (κ1) is 9.89. The Morgan fingerprint density at radius 3 is 2.53 bits per heavy atom. The smallest absolute Gasteiger partial charge is 0.0524 e. The molecule has 0 aromatic carbocycles. The van der Waals surface area contributed by atoms with Crippen molar-refractivity contribution in [2.45, 2.75) is 46.0 Å². The first-order valence-corrected chi connectivity index (χ1v) is 6.41. The Hall–Kier alpha value is -0.300. The molecule has 0 aromatic heterocycles. The van der Waals surface area contributed by atoms with Crippen molar-refractivity contribution in [2.75, 3.05) is 6.61 Å². The number of aliphatic hydroxyl groups is 1. The zero-order valence-corrected chi connectivity index (χ0v) is 9.92. The molecule has 0 aliphatic heterocycles. The van der Waals surface area contributed by atoms with Crippen molar-refractivity contribution in [3.05, 3.63) is 11.6 Å². The van der Waals surface area contributed by atoms with Crippen molar-refractivity contribution >= 4 is 0 Å². The molecule has 2 unspecified atom stereocenters. The molecule has 0 radical (unpaired) electrons. The van der Waals surface area contributed by atoms with Crippen LogP contribution in [0.5, 0.6) is 0 Å². The van der Waals surface area contributed by atoms with E-state index in [9.17, 15) is 5.11 Å². The fourth-order valence-electron chi connectivity index (χ4n) is 4.08. The van der Waals surface area contributed by atoms with Gasteiger partial charge >= 0.3 is 0 Å². The summed E-state index contributed by atoms with van der Waals surface area (Å²) in [5.74, 6) is 1.70. The molecule has 2 bridgehead atoms. The van der Waals surface area contributed by atoms with Crippen molar-refractivity contribution in [1.82, 2.24) is 0 Å². The zero-order valence-electron chi connectivity index (χ0n) is 9.92. The minimum Gasteiger partial charge on any atom is -0.395 e. The molecule has 0 heterocycles. The lowest BCUT2D eigenvalue weighted by atomic mass is 9.44. The van der Waals surface area contributed by atoms with E-state index in [1.54, 1.807) is 5.57 Å². The lowest BCUT2D eigenvalue weighted by Gasteiger charge is -2.61. The zero-order chi connectivity index (χ0) is 10.7. The third kappa shape index (κ3) is 1.08. The van der Waals surface area contributed by atoms with Crippen molar-refractivity contribution < 1.29 is 5.11 Å². The predicted octanol–water partition coefficient (Wildman–Crippen LogP) is 3.14. The Morgan fingerprint density at radius 1 is 1.40 bits per heavy atom. The van der Waals surface area contributed by atoms with Gasteiger partial charge in [-0.25, -0.2) is 0 Å². The van der Waals surface area contributed by atoms with Crippen LogP contribution in [0.1, 0.15) is 46.0 Å². The Morgan fingerprint density at radius 2 is 2.13 bits per heavy atom. The van der Waals surface area contributed by atoms with E-state index in [-0.39, 0.29) is 5.41 Å². The maximum absolute atomic E-state index is 9.65. The first-order valence-electron chi connectivity index (χ1n) is 6.41. The van der Waals surface area contributed by atoms with Gasteiger partial charge in [0.2, 0.25) is 0 Å². The molecule has 1 nitrogen and oxygen atoms in total. The lowest BCUT2D eigenvalue weighted by Crippen LogP contribution is -2.53. The van der Waals surface area contributed by atoms with Gasteiger partial charge < -0.3 is 5.11 Å². The van der Waals surface area contributed by atoms with Crippen LogP contribution in [-0.2, 0) is 0 Å².